The van der Waals surface area contributed by atoms with E-state index in [1.54, 1.807) is 0 Å². The number of rotatable bonds is 61. The summed E-state index contributed by atoms with van der Waals surface area (Å²) in [7, 11) is 1.39. The summed E-state index contributed by atoms with van der Waals surface area (Å²) in [4.78, 5) is 25.3. The maximum absolute atomic E-state index is 12.8. The molecule has 0 aliphatic rings. The number of esters is 1. The van der Waals surface area contributed by atoms with Crippen LogP contribution in [0.2, 0.25) is 0 Å². The second kappa shape index (κ2) is 55.7. The highest BCUT2D eigenvalue weighted by Gasteiger charge is 2.20. The molecule has 0 radical (unpaired) electrons. The van der Waals surface area contributed by atoms with Crippen molar-refractivity contribution in [2.24, 2.45) is 0 Å². The lowest BCUT2D eigenvalue weighted by atomic mass is 10.0. The van der Waals surface area contributed by atoms with Gasteiger partial charge in [0.2, 0.25) is 0 Å². The van der Waals surface area contributed by atoms with Gasteiger partial charge in [0.15, 0.2) is 0 Å². The van der Waals surface area contributed by atoms with Gasteiger partial charge in [-0.1, -0.05) is 316 Å². The van der Waals surface area contributed by atoms with Gasteiger partial charge in [-0.15, -0.1) is 0 Å². The Morgan fingerprint density at radius 1 is 0.380 bits per heavy atom. The lowest BCUT2D eigenvalue weighted by Gasteiger charge is -2.28. The van der Waals surface area contributed by atoms with Crippen LogP contribution in [-0.4, -0.2) is 70.7 Å². The van der Waals surface area contributed by atoms with Crippen molar-refractivity contribution >= 4 is 13.8 Å². The van der Waals surface area contributed by atoms with E-state index in [-0.39, 0.29) is 25.8 Å². The minimum atomic E-state index is -4.53. The first-order chi connectivity index (χ1) is 34.6. The van der Waals surface area contributed by atoms with Crippen LogP contribution in [0.5, 0.6) is 0 Å². The monoisotopic (exact) mass is 1030 g/mol. The predicted molar refractivity (Wildman–Crippen MR) is 305 cm³/mol. The van der Waals surface area contributed by atoms with Crippen molar-refractivity contribution in [3.05, 3.63) is 0 Å². The highest BCUT2D eigenvalue weighted by Crippen LogP contribution is 2.38. The fourth-order valence-corrected chi connectivity index (χ4v) is 10.5. The van der Waals surface area contributed by atoms with Gasteiger partial charge in [0.1, 0.15) is 19.3 Å². The van der Waals surface area contributed by atoms with Gasteiger partial charge in [-0.3, -0.25) is 9.36 Å². The molecule has 0 spiro atoms. The minimum absolute atomic E-state index is 0.0321. The second-order valence-corrected chi connectivity index (χ2v) is 24.6. The number of carbonyl (C=O) groups excluding carboxylic acids is 1. The van der Waals surface area contributed by atoms with Crippen LogP contribution < -0.4 is 4.89 Å². The number of quaternary nitrogens is 1. The first-order valence-corrected chi connectivity index (χ1v) is 33.2. The highest BCUT2D eigenvalue weighted by molar-refractivity contribution is 7.45. The zero-order chi connectivity index (χ0) is 51.9. The summed E-state index contributed by atoms with van der Waals surface area (Å²) < 4.78 is 34.9. The number of ether oxygens (including phenoxy) is 2. The van der Waals surface area contributed by atoms with E-state index in [4.69, 9.17) is 18.5 Å². The molecule has 71 heavy (non-hydrogen) atoms. The molecule has 0 saturated carbocycles. The normalized spacial score (nSPS) is 13.3. The van der Waals surface area contributed by atoms with Crippen molar-refractivity contribution in [1.29, 1.82) is 0 Å². The molecule has 0 amide bonds. The van der Waals surface area contributed by atoms with Gasteiger partial charge in [0, 0.05) is 13.0 Å². The SMILES string of the molecule is CCCCCCCCCCCCCCCCCCCCCCCCCCCCCCCC(=O)O[C@H](COCCCCCCCCCCCCCCCCCCCCCC)COP(=O)([O-])OCC[N+](C)(C)C. The molecule has 0 aromatic heterocycles. The molecule has 0 fully saturated rings. The lowest BCUT2D eigenvalue weighted by Crippen LogP contribution is -2.37. The number of carbonyl (C=O) groups is 1. The van der Waals surface area contributed by atoms with Gasteiger partial charge in [0.05, 0.1) is 34.4 Å². The van der Waals surface area contributed by atoms with E-state index < -0.39 is 13.9 Å². The van der Waals surface area contributed by atoms with E-state index >= 15 is 0 Å². The molecular formula is C62H126NO7P. The zero-order valence-electron chi connectivity index (χ0n) is 48.7. The molecule has 0 aromatic carbocycles. The summed E-state index contributed by atoms with van der Waals surface area (Å²) >= 11 is 0. The number of phosphoric acid groups is 1. The third kappa shape index (κ3) is 60.2. The van der Waals surface area contributed by atoms with Crippen LogP contribution in [0.15, 0.2) is 0 Å². The van der Waals surface area contributed by atoms with Crippen LogP contribution in [0.4, 0.5) is 0 Å². The fraction of sp³-hybridized carbons (Fsp3) is 0.984. The van der Waals surface area contributed by atoms with Gasteiger partial charge >= 0.3 is 5.97 Å². The number of nitrogens with zero attached hydrogens (tertiary/aromatic N) is 1. The Kier molecular flexibility index (Phi) is 55.3. The molecule has 8 nitrogen and oxygen atoms in total. The van der Waals surface area contributed by atoms with Gasteiger partial charge in [-0.2, -0.15) is 0 Å². The van der Waals surface area contributed by atoms with Gasteiger partial charge < -0.3 is 27.9 Å². The van der Waals surface area contributed by atoms with Crippen LogP contribution >= 0.6 is 7.82 Å². The largest absolute Gasteiger partial charge is 0.756 e. The van der Waals surface area contributed by atoms with E-state index in [1.165, 1.54) is 283 Å². The topological polar surface area (TPSA) is 94.1 Å². The van der Waals surface area contributed by atoms with Crippen molar-refractivity contribution < 1.29 is 37.3 Å². The van der Waals surface area contributed by atoms with Crippen LogP contribution in [0.1, 0.15) is 335 Å². The molecule has 0 rings (SSSR count). The number of hydrogen-bond acceptors (Lipinski definition) is 7. The smallest absolute Gasteiger partial charge is 0.306 e. The van der Waals surface area contributed by atoms with E-state index in [2.05, 4.69) is 13.8 Å². The number of phosphoric ester groups is 1. The first kappa shape index (κ1) is 70.5. The molecule has 9 heteroatoms. The van der Waals surface area contributed by atoms with Gasteiger partial charge in [-0.25, -0.2) is 0 Å². The molecule has 0 N–H and O–H groups in total. The first-order valence-electron chi connectivity index (χ1n) is 31.8. The van der Waals surface area contributed by atoms with Crippen molar-refractivity contribution in [1.82, 2.24) is 0 Å². The molecule has 0 aliphatic heterocycles. The maximum atomic E-state index is 12.8. The molecule has 0 saturated heterocycles. The molecule has 0 bridgehead atoms. The molecular weight excluding hydrogens is 902 g/mol. The van der Waals surface area contributed by atoms with Crippen LogP contribution in [-0.2, 0) is 27.9 Å². The summed E-state index contributed by atoms with van der Waals surface area (Å²) in [5.74, 6) is -0.322. The predicted octanol–water partition coefficient (Wildman–Crippen LogP) is 19.7. The highest BCUT2D eigenvalue weighted by atomic mass is 31.2. The third-order valence-corrected chi connectivity index (χ3v) is 15.6. The van der Waals surface area contributed by atoms with Crippen LogP contribution in [0.25, 0.3) is 0 Å². The van der Waals surface area contributed by atoms with E-state index in [0.29, 0.717) is 24.1 Å². The Hall–Kier alpha value is -0.500. The quantitative estimate of drug-likeness (QED) is 0.0259. The molecule has 0 aliphatic carbocycles. The third-order valence-electron chi connectivity index (χ3n) is 14.7. The number of likely N-dealkylation sites (N-methyl/N-ethyl adjacent to an activating group) is 1. The minimum Gasteiger partial charge on any atom is -0.756 e. The van der Waals surface area contributed by atoms with Gasteiger partial charge in [-0.05, 0) is 12.8 Å². The standard InChI is InChI=1S/C62H126NO7P/c1-6-8-10-12-14-16-18-20-22-24-26-28-29-30-31-32-33-34-35-36-37-39-41-43-45-47-49-51-53-55-62(64)70-61(60-69-71(65,66)68-58-56-63(3,4)5)59-67-57-54-52-50-48-46-44-42-40-38-27-25-23-21-19-17-15-13-11-9-7-2/h61H,6-60H2,1-5H3/t61-/m1/s1. The van der Waals surface area contributed by atoms with E-state index in [1.807, 2.05) is 21.1 Å². The summed E-state index contributed by atoms with van der Waals surface area (Å²) in [5, 5.41) is 0. The fourth-order valence-electron chi connectivity index (χ4n) is 9.79. The Balaban J connectivity index is 3.92. The molecule has 2 atom stereocenters. The molecule has 1 unspecified atom stereocenters. The van der Waals surface area contributed by atoms with Crippen LogP contribution in [0, 0.1) is 0 Å². The number of unbranched alkanes of at least 4 members (excludes halogenated alkanes) is 47. The Labute approximate surface area is 444 Å². The summed E-state index contributed by atoms with van der Waals surface area (Å²) in [6.07, 6.45) is 66.0. The van der Waals surface area contributed by atoms with E-state index in [9.17, 15) is 14.3 Å². The Morgan fingerprint density at radius 3 is 0.930 bits per heavy atom. The van der Waals surface area contributed by atoms with Crippen molar-refractivity contribution in [3.63, 3.8) is 0 Å². The molecule has 0 aromatic rings. The van der Waals surface area contributed by atoms with Crippen molar-refractivity contribution in [2.75, 3.05) is 54.1 Å². The van der Waals surface area contributed by atoms with Crippen LogP contribution in [0.3, 0.4) is 0 Å². The molecule has 0 heterocycles. The van der Waals surface area contributed by atoms with Crippen molar-refractivity contribution in [3.8, 4) is 0 Å². The van der Waals surface area contributed by atoms with E-state index in [0.717, 1.165) is 32.1 Å². The number of hydrogen-bond donors (Lipinski definition) is 0. The summed E-state index contributed by atoms with van der Waals surface area (Å²) in [6.45, 7) is 5.52. The van der Waals surface area contributed by atoms with Crippen molar-refractivity contribution in [2.45, 2.75) is 341 Å². The summed E-state index contributed by atoms with van der Waals surface area (Å²) in [6, 6.07) is 0. The second-order valence-electron chi connectivity index (χ2n) is 23.1. The molecule has 426 valence electrons. The summed E-state index contributed by atoms with van der Waals surface area (Å²) in [5.41, 5.74) is 0. The average molecular weight is 1030 g/mol. The van der Waals surface area contributed by atoms with Gasteiger partial charge in [0.25, 0.3) is 7.82 Å². The average Bonchev–Trinajstić information content (AvgIpc) is 3.33. The Bertz CT molecular complexity index is 1100. The zero-order valence-corrected chi connectivity index (χ0v) is 49.6. The maximum Gasteiger partial charge on any atom is 0.306 e. The lowest BCUT2D eigenvalue weighted by molar-refractivity contribution is -0.870. The Morgan fingerprint density at radius 2 is 0.648 bits per heavy atom.